The van der Waals surface area contributed by atoms with Gasteiger partial charge < -0.3 is 0 Å². The number of ether oxygens (including phenoxy) is 1. The number of benzene rings is 1. The molecule has 2 fully saturated rings. The number of rotatable bonds is 4. The Bertz CT molecular complexity index is 872. The molecule has 32 heavy (non-hydrogen) atoms. The maximum atomic E-state index is 12.8. The molecule has 178 valence electrons. The Hall–Kier alpha value is -0.680. The first-order valence-electron chi connectivity index (χ1n) is 11.4. The van der Waals surface area contributed by atoms with Crippen molar-refractivity contribution in [3.63, 3.8) is 0 Å². The van der Waals surface area contributed by atoms with Crippen LogP contribution >= 0.6 is 11.8 Å². The summed E-state index contributed by atoms with van der Waals surface area (Å²) < 4.78 is 7.12. The standard InChI is InChI=1S/C24H36IN4O2S/c1-13-14(2)32-23-20(13)21(16-8-10-17(25-7)11-9-16)26-18(12-19(30)31-24(4,5)6)22-28-27-15(3)29(22)23/h8-11,13-15,18,20,22-23,27-28H,12H2,1-7H3/q-1/t13?,14?,15?,18-,20?,22?,23?/m0/s1. The summed E-state index contributed by atoms with van der Waals surface area (Å²) in [5, 5.41) is 0.856. The molecule has 2 N–H and O–H groups in total. The van der Waals surface area contributed by atoms with Gasteiger partial charge in [-0.25, -0.2) is 0 Å². The molecule has 0 amide bonds. The minimum absolute atomic E-state index is 0.0479. The minimum atomic E-state index is -0.502. The molecule has 3 heterocycles. The second-order valence-electron chi connectivity index (χ2n) is 10.0. The first kappa shape index (κ1) is 24.4. The zero-order valence-electron chi connectivity index (χ0n) is 20.1. The van der Waals surface area contributed by atoms with Gasteiger partial charge in [0.1, 0.15) is 0 Å². The molecule has 0 aliphatic carbocycles. The van der Waals surface area contributed by atoms with E-state index in [0.29, 0.717) is 22.5 Å². The van der Waals surface area contributed by atoms with Crippen molar-refractivity contribution in [2.24, 2.45) is 16.8 Å². The van der Waals surface area contributed by atoms with E-state index < -0.39 is 5.60 Å². The van der Waals surface area contributed by atoms with Crippen LogP contribution in [0.15, 0.2) is 29.3 Å². The number of alkyl halides is 1. The number of esters is 1. The van der Waals surface area contributed by atoms with E-state index >= 15 is 0 Å². The van der Waals surface area contributed by atoms with Crippen LogP contribution in [0.3, 0.4) is 0 Å². The van der Waals surface area contributed by atoms with Crippen molar-refractivity contribution >= 4 is 23.4 Å². The van der Waals surface area contributed by atoms with E-state index in [1.807, 2.05) is 32.5 Å². The van der Waals surface area contributed by atoms with E-state index in [1.54, 1.807) is 0 Å². The fraction of sp³-hybridized carbons (Fsp3) is 0.667. The summed E-state index contributed by atoms with van der Waals surface area (Å²) in [6.45, 7) is 12.6. The molecule has 2 saturated heterocycles. The molecule has 7 atom stereocenters. The van der Waals surface area contributed by atoms with Crippen molar-refractivity contribution < 1.29 is 30.7 Å². The molecule has 6 unspecified atom stereocenters. The third kappa shape index (κ3) is 4.89. The Balaban J connectivity index is 1.76. The van der Waals surface area contributed by atoms with Crippen molar-refractivity contribution in [1.29, 1.82) is 0 Å². The molecule has 6 nitrogen and oxygen atoms in total. The fourth-order valence-corrected chi connectivity index (χ4v) is 7.89. The molecule has 3 aliphatic rings. The molecule has 0 radical (unpaired) electrons. The molecular formula is C24H36IN4O2S-. The van der Waals surface area contributed by atoms with Gasteiger partial charge in [-0.05, 0) is 0 Å². The summed E-state index contributed by atoms with van der Waals surface area (Å²) in [6, 6.07) is 8.78. The molecule has 0 bridgehead atoms. The predicted molar refractivity (Wildman–Crippen MR) is 127 cm³/mol. The van der Waals surface area contributed by atoms with Gasteiger partial charge in [0.2, 0.25) is 0 Å². The van der Waals surface area contributed by atoms with Gasteiger partial charge in [0, 0.05) is 0 Å². The SMILES string of the molecule is C[I-]c1ccc(C2=N[C@@H](CC(=O)OC(C)(C)C)C3NNC(C)N3C3SC(C)C(C)C23)cc1. The quantitative estimate of drug-likeness (QED) is 0.308. The van der Waals surface area contributed by atoms with Crippen molar-refractivity contribution in [2.45, 2.75) is 82.6 Å². The fourth-order valence-electron chi connectivity index (χ4n) is 4.95. The molecule has 8 heteroatoms. The summed E-state index contributed by atoms with van der Waals surface area (Å²) in [4.78, 5) is 23.0. The Morgan fingerprint density at radius 1 is 1.19 bits per heavy atom. The first-order chi connectivity index (χ1) is 15.1. The van der Waals surface area contributed by atoms with Gasteiger partial charge in [0.05, 0.1) is 0 Å². The number of hydrogen-bond donors (Lipinski definition) is 2. The zero-order valence-corrected chi connectivity index (χ0v) is 23.0. The summed E-state index contributed by atoms with van der Waals surface area (Å²) >= 11 is 2.11. The summed E-state index contributed by atoms with van der Waals surface area (Å²) in [7, 11) is 0. The molecule has 0 saturated carbocycles. The Labute approximate surface area is 206 Å². The van der Waals surface area contributed by atoms with E-state index in [2.05, 4.69) is 65.7 Å². The second kappa shape index (κ2) is 9.52. The van der Waals surface area contributed by atoms with E-state index in [-0.39, 0.29) is 52.0 Å². The summed E-state index contributed by atoms with van der Waals surface area (Å²) in [5.74, 6) is 0.613. The van der Waals surface area contributed by atoms with Crippen LogP contribution in [0.25, 0.3) is 0 Å². The molecule has 1 aromatic carbocycles. The molecular weight excluding hydrogens is 535 g/mol. The number of nitrogens with zero attached hydrogens (tertiary/aromatic N) is 2. The van der Waals surface area contributed by atoms with Gasteiger partial charge in [0.25, 0.3) is 0 Å². The number of fused-ring (bicyclic) bond motifs is 3. The molecule has 0 spiro atoms. The van der Waals surface area contributed by atoms with Crippen LogP contribution in [-0.4, -0.2) is 56.1 Å². The monoisotopic (exact) mass is 571 g/mol. The number of thioether (sulfide) groups is 1. The number of aliphatic imine (C=N–C) groups is 1. The number of hydrazine groups is 1. The molecule has 4 rings (SSSR count). The normalized spacial score (nSPS) is 35.2. The molecule has 0 aromatic heterocycles. The number of carbonyl (C=O) groups excluding carboxylic acids is 1. The third-order valence-electron chi connectivity index (χ3n) is 6.61. The second-order valence-corrected chi connectivity index (χ2v) is 13.9. The van der Waals surface area contributed by atoms with Crippen molar-refractivity contribution in [3.05, 3.63) is 33.4 Å². The van der Waals surface area contributed by atoms with Gasteiger partial charge in [-0.2, -0.15) is 0 Å². The molecule has 1 aromatic rings. The van der Waals surface area contributed by atoms with E-state index in [0.717, 1.165) is 5.71 Å². The van der Waals surface area contributed by atoms with Gasteiger partial charge >= 0.3 is 208 Å². The number of hydrogen-bond acceptors (Lipinski definition) is 7. The van der Waals surface area contributed by atoms with Crippen molar-refractivity contribution in [1.82, 2.24) is 15.8 Å². The van der Waals surface area contributed by atoms with Gasteiger partial charge in [-0.1, -0.05) is 0 Å². The van der Waals surface area contributed by atoms with Crippen molar-refractivity contribution in [2.75, 3.05) is 4.93 Å². The Kier molecular flexibility index (Phi) is 7.27. The first-order valence-corrected chi connectivity index (χ1v) is 15.6. The van der Waals surface area contributed by atoms with Crippen LogP contribution in [0.1, 0.15) is 53.5 Å². The summed E-state index contributed by atoms with van der Waals surface area (Å²) in [6.07, 6.45) is 0.379. The van der Waals surface area contributed by atoms with Crippen LogP contribution in [0, 0.1) is 15.4 Å². The van der Waals surface area contributed by atoms with Crippen molar-refractivity contribution in [3.8, 4) is 0 Å². The van der Waals surface area contributed by atoms with E-state index in [9.17, 15) is 4.79 Å². The van der Waals surface area contributed by atoms with Gasteiger partial charge in [-0.15, -0.1) is 0 Å². The molecule has 3 aliphatic heterocycles. The Morgan fingerprint density at radius 2 is 1.88 bits per heavy atom. The van der Waals surface area contributed by atoms with Gasteiger partial charge in [-0.3, -0.25) is 0 Å². The van der Waals surface area contributed by atoms with E-state index in [1.165, 1.54) is 9.13 Å². The van der Waals surface area contributed by atoms with Crippen LogP contribution in [0.5, 0.6) is 0 Å². The van der Waals surface area contributed by atoms with Crippen LogP contribution in [-0.2, 0) is 9.53 Å². The zero-order chi connectivity index (χ0) is 23.2. The van der Waals surface area contributed by atoms with Crippen LogP contribution < -0.4 is 32.1 Å². The number of halogens is 1. The predicted octanol–water partition coefficient (Wildman–Crippen LogP) is 0.274. The van der Waals surface area contributed by atoms with E-state index in [4.69, 9.17) is 9.73 Å². The maximum absolute atomic E-state index is 12.8. The number of nitrogens with one attached hydrogen (secondary N) is 2. The van der Waals surface area contributed by atoms with Crippen LogP contribution in [0.2, 0.25) is 0 Å². The third-order valence-corrected chi connectivity index (χ3v) is 10.2. The Morgan fingerprint density at radius 3 is 2.50 bits per heavy atom. The average Bonchev–Trinajstić information content (AvgIpc) is 3.19. The number of carbonyl (C=O) groups is 1. The average molecular weight is 572 g/mol. The summed E-state index contributed by atoms with van der Waals surface area (Å²) in [5.41, 5.74) is 8.69. The van der Waals surface area contributed by atoms with Crippen LogP contribution in [0.4, 0.5) is 0 Å². The topological polar surface area (TPSA) is 66.0 Å². The van der Waals surface area contributed by atoms with Gasteiger partial charge in [0.15, 0.2) is 0 Å².